The molecule has 0 saturated carbocycles. The fraction of sp³-hybridized carbons (Fsp3) is 0.250. The summed E-state index contributed by atoms with van der Waals surface area (Å²) in [5.41, 5.74) is 1.50. The number of halogens is 2. The molecule has 0 bridgehead atoms. The molecule has 1 heterocycles. The SMILES string of the molecule is COc1ccccc1-c1nnc(S[C@@H](C)C(=O)N[C@@H](C)c2ccc(Cl)cc2Cl)n1N. The normalized spacial score (nSPS) is 13.0. The van der Waals surface area contributed by atoms with Crippen LogP contribution in [-0.4, -0.2) is 33.1 Å². The number of hydrogen-bond donors (Lipinski definition) is 2. The number of thioether (sulfide) groups is 1. The number of nitrogens with two attached hydrogens (primary N) is 1. The Morgan fingerprint density at radius 1 is 1.20 bits per heavy atom. The lowest BCUT2D eigenvalue weighted by molar-refractivity contribution is -0.120. The molecule has 158 valence electrons. The molecule has 0 radical (unpaired) electrons. The molecule has 0 aliphatic heterocycles. The first-order valence-electron chi connectivity index (χ1n) is 9.07. The lowest BCUT2D eigenvalue weighted by Gasteiger charge is -2.18. The molecule has 3 rings (SSSR count). The Hall–Kier alpha value is -2.42. The number of nitrogens with zero attached hydrogens (tertiary/aromatic N) is 3. The third-order valence-corrected chi connectivity index (χ3v) is 6.07. The van der Waals surface area contributed by atoms with Crippen LogP contribution in [0.1, 0.15) is 25.5 Å². The number of methoxy groups -OCH3 is 1. The molecule has 0 spiro atoms. The van der Waals surface area contributed by atoms with Gasteiger partial charge in [0.05, 0.1) is 24.0 Å². The molecule has 30 heavy (non-hydrogen) atoms. The zero-order valence-corrected chi connectivity index (χ0v) is 18.9. The van der Waals surface area contributed by atoms with Gasteiger partial charge in [-0.15, -0.1) is 10.2 Å². The fourth-order valence-electron chi connectivity index (χ4n) is 2.84. The van der Waals surface area contributed by atoms with Crippen LogP contribution in [0.2, 0.25) is 10.0 Å². The molecule has 0 fully saturated rings. The number of nitrogens with one attached hydrogen (secondary N) is 1. The van der Waals surface area contributed by atoms with E-state index in [0.29, 0.717) is 32.3 Å². The van der Waals surface area contributed by atoms with E-state index in [4.69, 9.17) is 33.8 Å². The van der Waals surface area contributed by atoms with Crippen molar-refractivity contribution in [2.75, 3.05) is 13.0 Å². The van der Waals surface area contributed by atoms with Crippen LogP contribution in [0.15, 0.2) is 47.6 Å². The number of benzene rings is 2. The molecule has 0 unspecified atom stereocenters. The molecule has 3 N–H and O–H groups in total. The molecule has 1 aromatic heterocycles. The summed E-state index contributed by atoms with van der Waals surface area (Å²) in [6.45, 7) is 3.63. The molecule has 2 aromatic carbocycles. The van der Waals surface area contributed by atoms with Crippen LogP contribution in [0.4, 0.5) is 0 Å². The van der Waals surface area contributed by atoms with E-state index in [2.05, 4.69) is 15.5 Å². The third-order valence-electron chi connectivity index (χ3n) is 4.45. The first kappa shape index (κ1) is 22.3. The van der Waals surface area contributed by atoms with E-state index >= 15 is 0 Å². The van der Waals surface area contributed by atoms with E-state index in [-0.39, 0.29) is 11.9 Å². The largest absolute Gasteiger partial charge is 0.496 e. The van der Waals surface area contributed by atoms with E-state index in [9.17, 15) is 4.79 Å². The highest BCUT2D eigenvalue weighted by Gasteiger charge is 2.23. The van der Waals surface area contributed by atoms with E-state index in [0.717, 1.165) is 5.56 Å². The van der Waals surface area contributed by atoms with Crippen LogP contribution in [-0.2, 0) is 4.79 Å². The number of aromatic nitrogens is 3. The summed E-state index contributed by atoms with van der Waals surface area (Å²) in [4.78, 5) is 12.7. The van der Waals surface area contributed by atoms with Gasteiger partial charge in [-0.25, -0.2) is 4.68 Å². The van der Waals surface area contributed by atoms with Crippen molar-refractivity contribution in [2.24, 2.45) is 0 Å². The predicted octanol–water partition coefficient (Wildman–Crippen LogP) is 4.33. The van der Waals surface area contributed by atoms with Crippen molar-refractivity contribution >= 4 is 40.9 Å². The predicted molar refractivity (Wildman–Crippen MR) is 120 cm³/mol. The molecule has 10 heteroatoms. The Morgan fingerprint density at radius 3 is 2.63 bits per heavy atom. The van der Waals surface area contributed by atoms with Crippen LogP contribution in [0, 0.1) is 0 Å². The highest BCUT2D eigenvalue weighted by molar-refractivity contribution is 8.00. The summed E-state index contributed by atoms with van der Waals surface area (Å²) in [5.74, 6) is 7.09. The number of nitrogen functional groups attached to an aromatic ring is 1. The average molecular weight is 466 g/mol. The second-order valence-corrected chi connectivity index (χ2v) is 8.68. The standard InChI is InChI=1S/C20H21Cl2N5O2S/c1-11(14-9-8-13(21)10-16(14)22)24-19(28)12(2)30-20-26-25-18(27(20)23)15-6-4-5-7-17(15)29-3/h4-12H,23H2,1-3H3,(H,24,28)/t11-,12-/m0/s1. The van der Waals surface area contributed by atoms with Gasteiger partial charge in [0.15, 0.2) is 5.82 Å². The average Bonchev–Trinajstić information content (AvgIpc) is 3.07. The third kappa shape index (κ3) is 4.83. The van der Waals surface area contributed by atoms with Crippen molar-refractivity contribution in [3.05, 3.63) is 58.1 Å². The van der Waals surface area contributed by atoms with Crippen molar-refractivity contribution in [3.8, 4) is 17.1 Å². The van der Waals surface area contributed by atoms with E-state index in [1.54, 1.807) is 32.2 Å². The van der Waals surface area contributed by atoms with Crippen molar-refractivity contribution in [1.29, 1.82) is 0 Å². The molecular formula is C20H21Cl2N5O2S. The second-order valence-electron chi connectivity index (χ2n) is 6.53. The summed E-state index contributed by atoms with van der Waals surface area (Å²) in [6.07, 6.45) is 0. The quantitative estimate of drug-likeness (QED) is 0.398. The minimum absolute atomic E-state index is 0.180. The summed E-state index contributed by atoms with van der Waals surface area (Å²) in [7, 11) is 1.58. The molecular weight excluding hydrogens is 445 g/mol. The monoisotopic (exact) mass is 465 g/mol. The van der Waals surface area contributed by atoms with Crippen LogP contribution in [0.25, 0.3) is 11.4 Å². The smallest absolute Gasteiger partial charge is 0.233 e. The van der Waals surface area contributed by atoms with E-state index < -0.39 is 5.25 Å². The van der Waals surface area contributed by atoms with Crippen molar-refractivity contribution in [2.45, 2.75) is 30.3 Å². The summed E-state index contributed by atoms with van der Waals surface area (Å²) >= 11 is 13.4. The summed E-state index contributed by atoms with van der Waals surface area (Å²) in [6, 6.07) is 12.3. The maximum atomic E-state index is 12.7. The zero-order chi connectivity index (χ0) is 21.8. The van der Waals surface area contributed by atoms with Crippen LogP contribution in [0.5, 0.6) is 5.75 Å². The first-order chi connectivity index (χ1) is 14.3. The number of ether oxygens (including phenoxy) is 1. The Balaban J connectivity index is 1.71. The molecule has 1 amide bonds. The van der Waals surface area contributed by atoms with Gasteiger partial charge in [0, 0.05) is 10.0 Å². The molecule has 7 nitrogen and oxygen atoms in total. The lowest BCUT2D eigenvalue weighted by Crippen LogP contribution is -2.33. The van der Waals surface area contributed by atoms with Crippen LogP contribution < -0.4 is 15.9 Å². The van der Waals surface area contributed by atoms with Gasteiger partial charge < -0.3 is 15.9 Å². The number of hydrogen-bond acceptors (Lipinski definition) is 6. The fourth-order valence-corrected chi connectivity index (χ4v) is 4.19. The molecule has 0 saturated heterocycles. The number of rotatable bonds is 7. The highest BCUT2D eigenvalue weighted by Crippen LogP contribution is 2.31. The minimum atomic E-state index is -0.462. The van der Waals surface area contributed by atoms with Gasteiger partial charge in [-0.2, -0.15) is 0 Å². The van der Waals surface area contributed by atoms with Gasteiger partial charge >= 0.3 is 0 Å². The van der Waals surface area contributed by atoms with Crippen molar-refractivity contribution in [1.82, 2.24) is 20.2 Å². The maximum Gasteiger partial charge on any atom is 0.233 e. The number of carbonyl (C=O) groups is 1. The molecule has 2 atom stereocenters. The highest BCUT2D eigenvalue weighted by atomic mass is 35.5. The Kier molecular flexibility index (Phi) is 7.12. The van der Waals surface area contributed by atoms with Gasteiger partial charge in [-0.3, -0.25) is 4.79 Å². The van der Waals surface area contributed by atoms with Crippen molar-refractivity contribution in [3.63, 3.8) is 0 Å². The number of amides is 1. The summed E-state index contributed by atoms with van der Waals surface area (Å²) < 4.78 is 6.71. The number of carbonyl (C=O) groups excluding carboxylic acids is 1. The van der Waals surface area contributed by atoms with E-state index in [1.165, 1.54) is 16.4 Å². The van der Waals surface area contributed by atoms with Crippen LogP contribution >= 0.6 is 35.0 Å². The van der Waals surface area contributed by atoms with Gasteiger partial charge in [0.25, 0.3) is 0 Å². The number of para-hydroxylation sites is 1. The lowest BCUT2D eigenvalue weighted by atomic mass is 10.1. The van der Waals surface area contributed by atoms with Crippen molar-refractivity contribution < 1.29 is 9.53 Å². The van der Waals surface area contributed by atoms with Crippen LogP contribution in [0.3, 0.4) is 0 Å². The van der Waals surface area contributed by atoms with E-state index in [1.807, 2.05) is 31.2 Å². The molecule has 3 aromatic rings. The maximum absolute atomic E-state index is 12.7. The van der Waals surface area contributed by atoms with Gasteiger partial charge in [0.2, 0.25) is 11.1 Å². The Bertz CT molecular complexity index is 1060. The summed E-state index contributed by atoms with van der Waals surface area (Å²) in [5, 5.41) is 12.2. The minimum Gasteiger partial charge on any atom is -0.496 e. The van der Waals surface area contributed by atoms with Gasteiger partial charge in [-0.1, -0.05) is 53.2 Å². The zero-order valence-electron chi connectivity index (χ0n) is 16.6. The Morgan fingerprint density at radius 2 is 1.93 bits per heavy atom. The second kappa shape index (κ2) is 9.59. The van der Waals surface area contributed by atoms with Gasteiger partial charge in [-0.05, 0) is 43.7 Å². The topological polar surface area (TPSA) is 95.1 Å². The molecule has 0 aliphatic carbocycles. The Labute approximate surface area is 188 Å². The first-order valence-corrected chi connectivity index (χ1v) is 10.7. The van der Waals surface area contributed by atoms with Gasteiger partial charge in [0.1, 0.15) is 5.75 Å². The molecule has 0 aliphatic rings.